The molecule has 2 rings (SSSR count). The highest BCUT2D eigenvalue weighted by molar-refractivity contribution is 6.30. The van der Waals surface area contributed by atoms with Crippen LogP contribution < -0.4 is 4.74 Å². The first-order valence-corrected chi connectivity index (χ1v) is 7.98. The smallest absolute Gasteiger partial charge is 0.263 e. The predicted molar refractivity (Wildman–Crippen MR) is 93.9 cm³/mol. The molecule has 0 heterocycles. The van der Waals surface area contributed by atoms with Crippen LogP contribution in [-0.4, -0.2) is 24.0 Å². The molecule has 2 aromatic carbocycles. The van der Waals surface area contributed by atoms with Crippen LogP contribution >= 0.6 is 11.6 Å². The van der Waals surface area contributed by atoms with Gasteiger partial charge in [0.1, 0.15) is 5.75 Å². The van der Waals surface area contributed by atoms with Crippen LogP contribution in [0.2, 0.25) is 5.02 Å². The Kier molecular flexibility index (Phi) is 5.67. The second kappa shape index (κ2) is 7.51. The standard InChI is InChI=1S/C19H22ClNO2/c1-13-5-6-14(2)18(11-13)23-15(3)19(22)21(4)12-16-7-9-17(20)10-8-16/h5-11,15H,12H2,1-4H3. The SMILES string of the molecule is Cc1ccc(C)c(OC(C)C(=O)N(C)Cc2ccc(Cl)cc2)c1. The molecule has 1 amide bonds. The van der Waals surface area contributed by atoms with E-state index in [0.29, 0.717) is 11.6 Å². The van der Waals surface area contributed by atoms with E-state index in [0.717, 1.165) is 22.4 Å². The summed E-state index contributed by atoms with van der Waals surface area (Å²) in [5, 5.41) is 0.689. The first-order valence-electron chi connectivity index (χ1n) is 7.60. The van der Waals surface area contributed by atoms with Crippen molar-refractivity contribution in [3.05, 3.63) is 64.2 Å². The van der Waals surface area contributed by atoms with Gasteiger partial charge in [0.2, 0.25) is 0 Å². The van der Waals surface area contributed by atoms with E-state index < -0.39 is 6.10 Å². The molecule has 1 atom stereocenters. The van der Waals surface area contributed by atoms with Crippen LogP contribution in [0.1, 0.15) is 23.6 Å². The number of aryl methyl sites for hydroxylation is 2. The molecule has 122 valence electrons. The van der Waals surface area contributed by atoms with Crippen molar-refractivity contribution < 1.29 is 9.53 Å². The quantitative estimate of drug-likeness (QED) is 0.813. The molecule has 0 aliphatic heterocycles. The zero-order chi connectivity index (χ0) is 17.0. The highest BCUT2D eigenvalue weighted by atomic mass is 35.5. The third-order valence-corrected chi connectivity index (χ3v) is 3.96. The Bertz CT molecular complexity index is 682. The van der Waals surface area contributed by atoms with Crippen LogP contribution in [0.25, 0.3) is 0 Å². The van der Waals surface area contributed by atoms with Gasteiger partial charge >= 0.3 is 0 Å². The lowest BCUT2D eigenvalue weighted by Crippen LogP contribution is -2.37. The second-order valence-corrected chi connectivity index (χ2v) is 6.29. The summed E-state index contributed by atoms with van der Waals surface area (Å²) < 4.78 is 5.85. The predicted octanol–water partition coefficient (Wildman–Crippen LogP) is 4.38. The molecule has 0 radical (unpaired) electrons. The number of carbonyl (C=O) groups excluding carboxylic acids is 1. The molecular weight excluding hydrogens is 310 g/mol. The van der Waals surface area contributed by atoms with Crippen molar-refractivity contribution >= 4 is 17.5 Å². The van der Waals surface area contributed by atoms with E-state index in [1.807, 2.05) is 56.3 Å². The minimum absolute atomic E-state index is 0.0548. The van der Waals surface area contributed by atoms with Gasteiger partial charge in [0.25, 0.3) is 5.91 Å². The lowest BCUT2D eigenvalue weighted by molar-refractivity contribution is -0.137. The number of halogens is 1. The van der Waals surface area contributed by atoms with E-state index in [9.17, 15) is 4.79 Å². The van der Waals surface area contributed by atoms with Crippen molar-refractivity contribution in [2.24, 2.45) is 0 Å². The van der Waals surface area contributed by atoms with Gasteiger partial charge in [0, 0.05) is 18.6 Å². The molecule has 3 nitrogen and oxygen atoms in total. The van der Waals surface area contributed by atoms with E-state index in [1.165, 1.54) is 0 Å². The summed E-state index contributed by atoms with van der Waals surface area (Å²) in [5.74, 6) is 0.701. The van der Waals surface area contributed by atoms with Crippen molar-refractivity contribution in [2.75, 3.05) is 7.05 Å². The molecule has 0 aliphatic rings. The number of benzene rings is 2. The van der Waals surface area contributed by atoms with E-state index in [4.69, 9.17) is 16.3 Å². The second-order valence-electron chi connectivity index (χ2n) is 5.85. The molecule has 0 bridgehead atoms. The van der Waals surface area contributed by atoms with Crippen LogP contribution in [0, 0.1) is 13.8 Å². The molecular formula is C19H22ClNO2. The number of nitrogens with zero attached hydrogens (tertiary/aromatic N) is 1. The number of amides is 1. The molecule has 0 aromatic heterocycles. The van der Waals surface area contributed by atoms with Gasteiger partial charge in [0.05, 0.1) is 0 Å². The summed E-state index contributed by atoms with van der Waals surface area (Å²) in [6.45, 7) is 6.29. The Morgan fingerprint density at radius 3 is 2.48 bits per heavy atom. The van der Waals surface area contributed by atoms with Crippen molar-refractivity contribution in [3.8, 4) is 5.75 Å². The van der Waals surface area contributed by atoms with Gasteiger partial charge < -0.3 is 9.64 Å². The number of rotatable bonds is 5. The van der Waals surface area contributed by atoms with Gasteiger partial charge in [-0.2, -0.15) is 0 Å². The van der Waals surface area contributed by atoms with E-state index >= 15 is 0 Å². The summed E-state index contributed by atoms with van der Waals surface area (Å²) in [7, 11) is 1.78. The summed E-state index contributed by atoms with van der Waals surface area (Å²) in [4.78, 5) is 14.2. The molecule has 0 saturated heterocycles. The van der Waals surface area contributed by atoms with Crippen molar-refractivity contribution in [3.63, 3.8) is 0 Å². The van der Waals surface area contributed by atoms with Crippen LogP contribution in [0.5, 0.6) is 5.75 Å². The maximum Gasteiger partial charge on any atom is 0.263 e. The number of hydrogen-bond donors (Lipinski definition) is 0. The molecule has 0 aliphatic carbocycles. The Morgan fingerprint density at radius 1 is 1.17 bits per heavy atom. The maximum atomic E-state index is 12.5. The lowest BCUT2D eigenvalue weighted by atomic mass is 10.1. The van der Waals surface area contributed by atoms with Crippen LogP contribution in [0.4, 0.5) is 0 Å². The van der Waals surface area contributed by atoms with Gasteiger partial charge in [-0.05, 0) is 55.7 Å². The fraction of sp³-hybridized carbons (Fsp3) is 0.316. The Morgan fingerprint density at radius 2 is 1.83 bits per heavy atom. The number of hydrogen-bond acceptors (Lipinski definition) is 2. The number of ether oxygens (including phenoxy) is 1. The van der Waals surface area contributed by atoms with E-state index in [-0.39, 0.29) is 5.91 Å². The molecule has 23 heavy (non-hydrogen) atoms. The molecule has 2 aromatic rings. The van der Waals surface area contributed by atoms with Crippen LogP contribution in [-0.2, 0) is 11.3 Å². The summed E-state index contributed by atoms with van der Waals surface area (Å²) in [6.07, 6.45) is -0.534. The molecule has 1 unspecified atom stereocenters. The van der Waals surface area contributed by atoms with E-state index in [1.54, 1.807) is 18.9 Å². The van der Waals surface area contributed by atoms with Crippen molar-refractivity contribution in [2.45, 2.75) is 33.4 Å². The maximum absolute atomic E-state index is 12.5. The van der Waals surface area contributed by atoms with Gasteiger partial charge in [-0.25, -0.2) is 0 Å². The topological polar surface area (TPSA) is 29.5 Å². The van der Waals surface area contributed by atoms with E-state index in [2.05, 4.69) is 0 Å². The summed E-state index contributed by atoms with van der Waals surface area (Å²) in [5.41, 5.74) is 3.17. The molecule has 0 fully saturated rings. The molecule has 0 saturated carbocycles. The number of carbonyl (C=O) groups is 1. The Balaban J connectivity index is 2.00. The molecule has 4 heteroatoms. The van der Waals surface area contributed by atoms with Gasteiger partial charge in [-0.1, -0.05) is 35.9 Å². The Hall–Kier alpha value is -2.00. The summed E-state index contributed by atoms with van der Waals surface area (Å²) >= 11 is 5.88. The molecule has 0 spiro atoms. The minimum atomic E-state index is -0.534. The fourth-order valence-electron chi connectivity index (χ4n) is 2.33. The highest BCUT2D eigenvalue weighted by Crippen LogP contribution is 2.21. The van der Waals surface area contributed by atoms with Gasteiger partial charge in [-0.3, -0.25) is 4.79 Å². The largest absolute Gasteiger partial charge is 0.481 e. The molecule has 0 N–H and O–H groups in total. The zero-order valence-corrected chi connectivity index (χ0v) is 14.7. The van der Waals surface area contributed by atoms with Crippen molar-refractivity contribution in [1.82, 2.24) is 4.90 Å². The zero-order valence-electron chi connectivity index (χ0n) is 14.0. The third kappa shape index (κ3) is 4.73. The van der Waals surface area contributed by atoms with Gasteiger partial charge in [-0.15, -0.1) is 0 Å². The number of likely N-dealkylation sites (N-methyl/N-ethyl adjacent to an activating group) is 1. The third-order valence-electron chi connectivity index (χ3n) is 3.70. The van der Waals surface area contributed by atoms with Crippen LogP contribution in [0.3, 0.4) is 0 Å². The first kappa shape index (κ1) is 17.4. The van der Waals surface area contributed by atoms with Crippen molar-refractivity contribution in [1.29, 1.82) is 0 Å². The average Bonchev–Trinajstić information content (AvgIpc) is 2.52. The monoisotopic (exact) mass is 331 g/mol. The normalized spacial score (nSPS) is 11.9. The fourth-order valence-corrected chi connectivity index (χ4v) is 2.45. The van der Waals surface area contributed by atoms with Gasteiger partial charge in [0.15, 0.2) is 6.10 Å². The first-order chi connectivity index (χ1) is 10.9. The minimum Gasteiger partial charge on any atom is -0.481 e. The summed E-state index contributed by atoms with van der Waals surface area (Å²) in [6, 6.07) is 13.5. The Labute approximate surface area is 142 Å². The van der Waals surface area contributed by atoms with Crippen LogP contribution in [0.15, 0.2) is 42.5 Å². The lowest BCUT2D eigenvalue weighted by Gasteiger charge is -2.23. The highest BCUT2D eigenvalue weighted by Gasteiger charge is 2.20. The average molecular weight is 332 g/mol.